The normalized spacial score (nSPS) is 10.9. The molecule has 0 aliphatic rings. The number of hydrogen-bond acceptors (Lipinski definition) is 5. The van der Waals surface area contributed by atoms with E-state index >= 15 is 0 Å². The average molecular weight is 367 g/mol. The third-order valence-electron chi connectivity index (χ3n) is 3.53. The van der Waals surface area contributed by atoms with Gasteiger partial charge in [-0.2, -0.15) is 0 Å². The minimum absolute atomic E-state index is 0.0162. The second kappa shape index (κ2) is 7.44. The molecule has 0 saturated carbocycles. The number of aromatic nitrogens is 3. The van der Waals surface area contributed by atoms with Crippen LogP contribution < -0.4 is 21.9 Å². The zero-order valence-corrected chi connectivity index (χ0v) is 13.9. The van der Waals surface area contributed by atoms with Crippen molar-refractivity contribution in [1.82, 2.24) is 20.3 Å². The van der Waals surface area contributed by atoms with E-state index in [-0.39, 0.29) is 17.1 Å². The Kier molecular flexibility index (Phi) is 4.88. The summed E-state index contributed by atoms with van der Waals surface area (Å²) in [6, 6.07) is 4.73. The zero-order valence-electron chi connectivity index (χ0n) is 13.9. The largest absolute Gasteiger partial charge is 0.390 e. The zero-order chi connectivity index (χ0) is 19.4. The molecule has 0 spiro atoms. The van der Waals surface area contributed by atoms with Gasteiger partial charge in [-0.25, -0.2) is 24.1 Å². The van der Waals surface area contributed by atoms with Crippen LogP contribution in [0.2, 0.25) is 0 Å². The van der Waals surface area contributed by atoms with Crippen molar-refractivity contribution in [2.45, 2.75) is 0 Å². The van der Waals surface area contributed by atoms with Gasteiger partial charge in [0.25, 0.3) is 5.56 Å². The molecule has 0 fully saturated rings. The smallest absolute Gasteiger partial charge is 0.324 e. The van der Waals surface area contributed by atoms with Gasteiger partial charge in [0.1, 0.15) is 23.6 Å². The molecule has 2 heterocycles. The number of benzene rings is 1. The molecule has 9 nitrogen and oxygen atoms in total. The summed E-state index contributed by atoms with van der Waals surface area (Å²) in [5, 5.41) is 5.22. The number of anilines is 1. The van der Waals surface area contributed by atoms with Crippen LogP contribution in [0.4, 0.5) is 14.9 Å². The second-order valence-corrected chi connectivity index (χ2v) is 5.34. The Bertz CT molecular complexity index is 1120. The third kappa shape index (κ3) is 3.95. The molecule has 0 saturated heterocycles. The maximum absolute atomic E-state index is 14.1. The number of nitrogens with one attached hydrogen (secondary N) is 3. The lowest BCUT2D eigenvalue weighted by atomic mass is 10.1. The third-order valence-corrected chi connectivity index (χ3v) is 3.53. The molecule has 0 aliphatic carbocycles. The molecule has 2 amide bonds. The number of rotatable bonds is 4. The number of aromatic amines is 1. The lowest BCUT2D eigenvalue weighted by molar-refractivity contribution is 0.254. The molecule has 27 heavy (non-hydrogen) atoms. The molecule has 136 valence electrons. The fourth-order valence-electron chi connectivity index (χ4n) is 2.36. The van der Waals surface area contributed by atoms with Gasteiger partial charge in [-0.15, -0.1) is 0 Å². The number of carbonyl (C=O) groups is 1. The van der Waals surface area contributed by atoms with Gasteiger partial charge < -0.3 is 16.0 Å². The molecule has 10 heteroatoms. The van der Waals surface area contributed by atoms with E-state index < -0.39 is 17.4 Å². The number of carbonyl (C=O) groups excluding carboxylic acids is 1. The van der Waals surface area contributed by atoms with E-state index in [0.29, 0.717) is 16.6 Å². The van der Waals surface area contributed by atoms with E-state index in [9.17, 15) is 14.0 Å². The number of halogens is 1. The Hall–Kier alpha value is -4.08. The number of nitrogens with two attached hydrogens (primary N) is 1. The van der Waals surface area contributed by atoms with Gasteiger partial charge in [-0.3, -0.25) is 10.1 Å². The first-order chi connectivity index (χ1) is 13.0. The van der Waals surface area contributed by atoms with E-state index in [1.807, 2.05) is 0 Å². The van der Waals surface area contributed by atoms with Crippen molar-refractivity contribution < 1.29 is 9.18 Å². The Balaban J connectivity index is 1.94. The summed E-state index contributed by atoms with van der Waals surface area (Å²) in [6.07, 6.45) is 3.82. The topological polar surface area (TPSA) is 138 Å². The monoisotopic (exact) mass is 367 g/mol. The van der Waals surface area contributed by atoms with Crippen LogP contribution in [0.25, 0.3) is 22.2 Å². The van der Waals surface area contributed by atoms with Gasteiger partial charge in [0.05, 0.1) is 12.0 Å². The first-order valence-electron chi connectivity index (χ1n) is 7.62. The SMILES string of the molecule is C=C(/N=C\N)NC(=O)Nc1cc(-c2cc3cncnc3[nH]c2=O)ccc1F. The van der Waals surface area contributed by atoms with Crippen molar-refractivity contribution in [2.75, 3.05) is 5.32 Å². The highest BCUT2D eigenvalue weighted by molar-refractivity contribution is 5.91. The van der Waals surface area contributed by atoms with Crippen LogP contribution in [0.3, 0.4) is 0 Å². The van der Waals surface area contributed by atoms with Crippen LogP contribution in [0.1, 0.15) is 0 Å². The number of fused-ring (bicyclic) bond motifs is 1. The second-order valence-electron chi connectivity index (χ2n) is 5.34. The van der Waals surface area contributed by atoms with E-state index in [0.717, 1.165) is 12.4 Å². The molecule has 5 N–H and O–H groups in total. The minimum atomic E-state index is -0.762. The standard InChI is InChI=1S/C17H14FN7O2/c1-9(21-7-19)23-17(27)24-14-5-10(2-3-13(14)18)12-4-11-6-20-8-22-15(11)25-16(12)26/h2-8H,1H2,(H2,19,21)(H2,23,24,27)(H,20,22,25,26). The summed E-state index contributed by atoms with van der Waals surface area (Å²) >= 11 is 0. The van der Waals surface area contributed by atoms with Crippen LogP contribution in [0.5, 0.6) is 0 Å². The highest BCUT2D eigenvalue weighted by atomic mass is 19.1. The summed E-state index contributed by atoms with van der Waals surface area (Å²) in [4.78, 5) is 38.3. The fraction of sp³-hybridized carbons (Fsp3) is 0. The number of pyridine rings is 1. The molecule has 0 atom stereocenters. The highest BCUT2D eigenvalue weighted by Crippen LogP contribution is 2.24. The van der Waals surface area contributed by atoms with Gasteiger partial charge in [0.2, 0.25) is 0 Å². The van der Waals surface area contributed by atoms with Crippen LogP contribution >= 0.6 is 0 Å². The number of nitrogens with zero attached hydrogens (tertiary/aromatic N) is 3. The van der Waals surface area contributed by atoms with Gasteiger partial charge >= 0.3 is 6.03 Å². The Morgan fingerprint density at radius 1 is 1.37 bits per heavy atom. The lowest BCUT2D eigenvalue weighted by Gasteiger charge is -2.10. The quantitative estimate of drug-likeness (QED) is 0.411. The first-order valence-corrected chi connectivity index (χ1v) is 7.62. The molecule has 1 aromatic carbocycles. The predicted molar refractivity (Wildman–Crippen MR) is 99.5 cm³/mol. The number of amides is 2. The number of aliphatic imine (C=N–C) groups is 1. The molecule has 2 aromatic heterocycles. The first kappa shape index (κ1) is 17.7. The summed E-state index contributed by atoms with van der Waals surface area (Å²) in [5.74, 6) is -0.695. The van der Waals surface area contributed by atoms with Crippen LogP contribution in [-0.2, 0) is 0 Å². The maximum atomic E-state index is 14.1. The predicted octanol–water partition coefficient (Wildman–Crippen LogP) is 1.70. The minimum Gasteiger partial charge on any atom is -0.390 e. The molecule has 0 radical (unpaired) electrons. The summed E-state index contributed by atoms with van der Waals surface area (Å²) in [7, 11) is 0. The van der Waals surface area contributed by atoms with Crippen molar-refractivity contribution in [3.05, 3.63) is 65.4 Å². The van der Waals surface area contributed by atoms with Crippen molar-refractivity contribution in [3.8, 4) is 11.1 Å². The van der Waals surface area contributed by atoms with Gasteiger partial charge in [0, 0.05) is 17.1 Å². The molecule has 0 unspecified atom stereocenters. The van der Waals surface area contributed by atoms with Crippen molar-refractivity contribution >= 4 is 29.1 Å². The summed E-state index contributed by atoms with van der Waals surface area (Å²) < 4.78 is 14.1. The molecule has 3 rings (SSSR count). The van der Waals surface area contributed by atoms with Gasteiger partial charge in [-0.1, -0.05) is 12.6 Å². The Morgan fingerprint density at radius 3 is 2.96 bits per heavy atom. The Labute approximate surface area is 151 Å². The van der Waals surface area contributed by atoms with Crippen LogP contribution in [-0.4, -0.2) is 27.3 Å². The van der Waals surface area contributed by atoms with Crippen LogP contribution in [0, 0.1) is 5.82 Å². The molecule has 0 aliphatic heterocycles. The fourth-order valence-corrected chi connectivity index (χ4v) is 2.36. The van der Waals surface area contributed by atoms with E-state index in [4.69, 9.17) is 5.73 Å². The number of H-pyrrole nitrogens is 1. The van der Waals surface area contributed by atoms with Gasteiger partial charge in [-0.05, 0) is 23.8 Å². The van der Waals surface area contributed by atoms with Crippen molar-refractivity contribution in [1.29, 1.82) is 0 Å². The Morgan fingerprint density at radius 2 is 2.19 bits per heavy atom. The molecule has 0 bridgehead atoms. The summed E-state index contributed by atoms with van der Waals surface area (Å²) in [5.41, 5.74) is 5.62. The number of hydrogen-bond donors (Lipinski definition) is 4. The molecular weight excluding hydrogens is 353 g/mol. The van der Waals surface area contributed by atoms with E-state index in [1.165, 1.54) is 18.5 Å². The van der Waals surface area contributed by atoms with Crippen molar-refractivity contribution in [3.63, 3.8) is 0 Å². The average Bonchev–Trinajstić information content (AvgIpc) is 2.63. The molecular formula is C17H14FN7O2. The number of urea groups is 1. The van der Waals surface area contributed by atoms with Crippen LogP contribution in [0.15, 0.2) is 59.0 Å². The molecule has 3 aromatic rings. The van der Waals surface area contributed by atoms with E-state index in [1.54, 1.807) is 12.3 Å². The van der Waals surface area contributed by atoms with Gasteiger partial charge in [0.15, 0.2) is 0 Å². The highest BCUT2D eigenvalue weighted by Gasteiger charge is 2.12. The maximum Gasteiger partial charge on any atom is 0.324 e. The van der Waals surface area contributed by atoms with E-state index in [2.05, 4.69) is 37.2 Å². The van der Waals surface area contributed by atoms with Crippen molar-refractivity contribution in [2.24, 2.45) is 10.7 Å². The lowest BCUT2D eigenvalue weighted by Crippen LogP contribution is -2.27. The summed E-state index contributed by atoms with van der Waals surface area (Å²) in [6.45, 7) is 3.45.